The van der Waals surface area contributed by atoms with Crippen LogP contribution in [0.3, 0.4) is 0 Å². The average Bonchev–Trinajstić information content (AvgIpc) is 3.16. The van der Waals surface area contributed by atoms with Crippen LogP contribution in [0.4, 0.5) is 4.79 Å². The zero-order chi connectivity index (χ0) is 18.2. The quantitative estimate of drug-likeness (QED) is 0.876. The van der Waals surface area contributed by atoms with E-state index in [1.165, 1.54) is 37.7 Å². The number of carbonyl (C=O) groups excluding carboxylic acids is 2. The molecule has 1 N–H and O–H groups in total. The first-order valence-electron chi connectivity index (χ1n) is 10.4. The fraction of sp³-hybridized carbons (Fsp3) is 0.636. The van der Waals surface area contributed by atoms with Gasteiger partial charge in [-0.25, -0.2) is 4.79 Å². The molecule has 1 aromatic rings. The number of alkyl carbamates (subject to hydrolysis) is 1. The van der Waals surface area contributed by atoms with Gasteiger partial charge in [0.2, 0.25) is 5.91 Å². The van der Waals surface area contributed by atoms with Crippen LogP contribution in [0.5, 0.6) is 0 Å². The summed E-state index contributed by atoms with van der Waals surface area (Å²) in [5, 5.41) is 2.87. The number of benzene rings is 1. The van der Waals surface area contributed by atoms with Crippen LogP contribution in [0.15, 0.2) is 18.2 Å². The third kappa shape index (κ3) is 2.36. The van der Waals surface area contributed by atoms with Crippen LogP contribution in [0, 0.1) is 11.3 Å². The van der Waals surface area contributed by atoms with Crippen LogP contribution < -0.4 is 5.32 Å². The van der Waals surface area contributed by atoms with Gasteiger partial charge in [-0.1, -0.05) is 18.2 Å². The first kappa shape index (κ1) is 16.0. The topological polar surface area (TPSA) is 58.6 Å². The Morgan fingerprint density at radius 1 is 1.11 bits per heavy atom. The Bertz CT molecular complexity index is 828. The van der Waals surface area contributed by atoms with Crippen LogP contribution in [0.2, 0.25) is 0 Å². The maximum Gasteiger partial charge on any atom is 0.407 e. The van der Waals surface area contributed by atoms with Gasteiger partial charge in [-0.15, -0.1) is 0 Å². The number of aryl methyl sites for hydroxylation is 2. The summed E-state index contributed by atoms with van der Waals surface area (Å²) in [5.74, 6) is 1.04. The van der Waals surface area contributed by atoms with E-state index in [0.29, 0.717) is 17.9 Å². The van der Waals surface area contributed by atoms with E-state index < -0.39 is 0 Å². The van der Waals surface area contributed by atoms with E-state index in [2.05, 4.69) is 23.5 Å². The number of likely N-dealkylation sites (tertiary alicyclic amines) is 1. The molecular formula is C22H26N2O3. The van der Waals surface area contributed by atoms with E-state index in [9.17, 15) is 9.59 Å². The normalized spacial score (nSPS) is 27.6. The van der Waals surface area contributed by atoms with Crippen molar-refractivity contribution < 1.29 is 14.3 Å². The second-order valence-electron chi connectivity index (χ2n) is 9.77. The van der Waals surface area contributed by atoms with Gasteiger partial charge >= 0.3 is 6.09 Å². The number of amides is 2. The SMILES string of the molecule is O=C1NC2(CO1)CC(C(=O)N1CC3(CC(c4ccc5c(c4)CCC5)C3)C1)C2. The Morgan fingerprint density at radius 3 is 2.63 bits per heavy atom. The summed E-state index contributed by atoms with van der Waals surface area (Å²) >= 11 is 0. The van der Waals surface area contributed by atoms with Gasteiger partial charge in [-0.05, 0) is 67.6 Å². The van der Waals surface area contributed by atoms with Crippen molar-refractivity contribution in [2.45, 2.75) is 56.4 Å². The lowest BCUT2D eigenvalue weighted by molar-refractivity contribution is -0.161. The van der Waals surface area contributed by atoms with Crippen molar-refractivity contribution in [3.63, 3.8) is 0 Å². The molecule has 0 aromatic heterocycles. The lowest BCUT2D eigenvalue weighted by Gasteiger charge is -2.60. The molecule has 5 nitrogen and oxygen atoms in total. The minimum absolute atomic E-state index is 0.0666. The van der Waals surface area contributed by atoms with Crippen molar-refractivity contribution in [1.82, 2.24) is 10.2 Å². The molecule has 142 valence electrons. The molecule has 3 aliphatic carbocycles. The molecule has 2 saturated carbocycles. The minimum Gasteiger partial charge on any atom is -0.447 e. The number of ether oxygens (including phenoxy) is 1. The summed E-state index contributed by atoms with van der Waals surface area (Å²) in [6.45, 7) is 2.28. The van der Waals surface area contributed by atoms with Crippen LogP contribution in [-0.2, 0) is 22.4 Å². The summed E-state index contributed by atoms with van der Waals surface area (Å²) in [4.78, 5) is 26.0. The van der Waals surface area contributed by atoms with Gasteiger partial charge in [-0.3, -0.25) is 4.79 Å². The summed E-state index contributed by atoms with van der Waals surface area (Å²) in [6.07, 6.45) is 7.40. The Labute approximate surface area is 159 Å². The molecule has 2 saturated heterocycles. The number of hydrogen-bond donors (Lipinski definition) is 1. The van der Waals surface area contributed by atoms with Crippen molar-refractivity contribution in [3.05, 3.63) is 34.9 Å². The van der Waals surface area contributed by atoms with Crippen LogP contribution in [0.1, 0.15) is 54.7 Å². The van der Waals surface area contributed by atoms with E-state index in [0.717, 1.165) is 25.9 Å². The van der Waals surface area contributed by atoms with Gasteiger partial charge in [0.15, 0.2) is 0 Å². The van der Waals surface area contributed by atoms with Crippen LogP contribution >= 0.6 is 0 Å². The number of fused-ring (bicyclic) bond motifs is 1. The molecule has 2 amide bonds. The van der Waals surface area contributed by atoms with Crippen molar-refractivity contribution in [1.29, 1.82) is 0 Å². The van der Waals surface area contributed by atoms with Gasteiger partial charge in [0.25, 0.3) is 0 Å². The molecule has 0 unspecified atom stereocenters. The van der Waals surface area contributed by atoms with Crippen molar-refractivity contribution in [2.75, 3.05) is 19.7 Å². The Kier molecular flexibility index (Phi) is 3.12. The predicted octanol–water partition coefficient (Wildman–Crippen LogP) is 2.77. The lowest BCUT2D eigenvalue weighted by Crippen LogP contribution is -2.66. The summed E-state index contributed by atoms with van der Waals surface area (Å²) in [5.41, 5.74) is 4.76. The lowest BCUT2D eigenvalue weighted by atomic mass is 9.55. The van der Waals surface area contributed by atoms with E-state index in [4.69, 9.17) is 4.74 Å². The van der Waals surface area contributed by atoms with Crippen molar-refractivity contribution in [3.8, 4) is 0 Å². The van der Waals surface area contributed by atoms with Gasteiger partial charge in [-0.2, -0.15) is 0 Å². The monoisotopic (exact) mass is 366 g/mol. The fourth-order valence-corrected chi connectivity index (χ4v) is 6.27. The first-order valence-corrected chi connectivity index (χ1v) is 10.4. The molecule has 5 aliphatic rings. The summed E-state index contributed by atoms with van der Waals surface area (Å²) < 4.78 is 5.01. The third-order valence-corrected chi connectivity index (χ3v) is 7.79. The molecule has 4 fully saturated rings. The Balaban J connectivity index is 1.02. The second kappa shape index (κ2) is 5.27. The number of nitrogens with zero attached hydrogens (tertiary/aromatic N) is 1. The van der Waals surface area contributed by atoms with E-state index in [1.54, 1.807) is 11.1 Å². The standard InChI is InChI=1S/C22H26N2O3/c25-19(18-9-22(10-18)13-27-20(26)23-22)24-11-21(12-24)7-17(8-21)16-5-4-14-2-1-3-15(14)6-16/h4-6,17-18H,1-3,7-13H2,(H,23,26). The van der Waals surface area contributed by atoms with Crippen molar-refractivity contribution >= 4 is 12.0 Å². The maximum absolute atomic E-state index is 12.7. The van der Waals surface area contributed by atoms with Crippen LogP contribution in [-0.4, -0.2) is 42.1 Å². The van der Waals surface area contributed by atoms with Gasteiger partial charge in [0, 0.05) is 24.4 Å². The predicted molar refractivity (Wildman–Crippen MR) is 99.4 cm³/mol. The second-order valence-corrected chi connectivity index (χ2v) is 9.77. The molecule has 6 rings (SSSR count). The Morgan fingerprint density at radius 2 is 1.89 bits per heavy atom. The average molecular weight is 366 g/mol. The number of rotatable bonds is 2. The molecule has 0 radical (unpaired) electrons. The van der Waals surface area contributed by atoms with E-state index in [-0.39, 0.29) is 23.5 Å². The highest BCUT2D eigenvalue weighted by atomic mass is 16.6. The fourth-order valence-electron chi connectivity index (χ4n) is 6.27. The maximum atomic E-state index is 12.7. The van der Waals surface area contributed by atoms with E-state index >= 15 is 0 Å². The summed E-state index contributed by atoms with van der Waals surface area (Å²) in [6, 6.07) is 7.14. The molecule has 2 spiro atoms. The largest absolute Gasteiger partial charge is 0.447 e. The number of hydrogen-bond acceptors (Lipinski definition) is 3. The zero-order valence-corrected chi connectivity index (χ0v) is 15.6. The summed E-state index contributed by atoms with van der Waals surface area (Å²) in [7, 11) is 0. The molecule has 5 heteroatoms. The van der Waals surface area contributed by atoms with Gasteiger partial charge in [0.1, 0.15) is 6.61 Å². The zero-order valence-electron chi connectivity index (χ0n) is 15.6. The van der Waals surface area contributed by atoms with Crippen LogP contribution in [0.25, 0.3) is 0 Å². The van der Waals surface area contributed by atoms with Gasteiger partial charge in [0.05, 0.1) is 5.54 Å². The van der Waals surface area contributed by atoms with Gasteiger partial charge < -0.3 is 15.0 Å². The van der Waals surface area contributed by atoms with E-state index in [1.807, 2.05) is 4.90 Å². The molecular weight excluding hydrogens is 340 g/mol. The smallest absolute Gasteiger partial charge is 0.407 e. The molecule has 0 atom stereocenters. The highest BCUT2D eigenvalue weighted by Gasteiger charge is 2.58. The number of carbonyl (C=O) groups is 2. The number of cyclic esters (lactones) is 1. The van der Waals surface area contributed by atoms with Crippen molar-refractivity contribution in [2.24, 2.45) is 11.3 Å². The highest BCUT2D eigenvalue weighted by Crippen LogP contribution is 2.57. The molecule has 2 aliphatic heterocycles. The number of nitrogens with one attached hydrogen (secondary N) is 1. The minimum atomic E-state index is -0.337. The molecule has 1 aromatic carbocycles. The molecule has 0 bridgehead atoms. The first-order chi connectivity index (χ1) is 13.0. The third-order valence-electron chi connectivity index (χ3n) is 7.79. The Hall–Kier alpha value is -2.04. The molecule has 2 heterocycles. The molecule has 27 heavy (non-hydrogen) atoms. The highest BCUT2D eigenvalue weighted by molar-refractivity contribution is 5.82.